The van der Waals surface area contributed by atoms with Crippen LogP contribution < -0.4 is 0 Å². The molecule has 1 aromatic carbocycles. The SMILES string of the molecule is Cc1ccc2c(C3=CCN(C(=O)C4CCc5nc[nH]c5C4)CC3)c[nH]c2c1. The average Bonchev–Trinajstić information content (AvgIpc) is 3.33. The standard InChI is InChI=1S/C22H24N4O/c1-14-2-4-17-18(12-23-20(17)10-14)15-6-8-26(9-7-15)22(27)16-3-5-19-21(11-16)25-13-24-19/h2,4,6,10,12-13,16,23H,3,5,7-9,11H2,1H3,(H,24,25). The molecule has 2 aliphatic rings. The topological polar surface area (TPSA) is 64.8 Å². The predicted octanol–water partition coefficient (Wildman–Crippen LogP) is 3.62. The summed E-state index contributed by atoms with van der Waals surface area (Å²) in [5.41, 5.74) is 7.34. The van der Waals surface area contributed by atoms with Crippen LogP contribution >= 0.6 is 0 Å². The number of carbonyl (C=O) groups is 1. The zero-order chi connectivity index (χ0) is 18.4. The van der Waals surface area contributed by atoms with Crippen LogP contribution in [0, 0.1) is 12.8 Å². The Morgan fingerprint density at radius 1 is 1.26 bits per heavy atom. The molecule has 5 rings (SSSR count). The number of hydrogen-bond donors (Lipinski definition) is 2. The third-order valence-corrected chi connectivity index (χ3v) is 6.04. The maximum absolute atomic E-state index is 13.0. The number of rotatable bonds is 2. The lowest BCUT2D eigenvalue weighted by Gasteiger charge is -2.31. The van der Waals surface area contributed by atoms with Crippen molar-refractivity contribution in [2.24, 2.45) is 5.92 Å². The number of hydrogen-bond acceptors (Lipinski definition) is 2. The van der Waals surface area contributed by atoms with E-state index in [2.05, 4.69) is 52.3 Å². The molecule has 5 nitrogen and oxygen atoms in total. The number of nitrogens with zero attached hydrogens (tertiary/aromatic N) is 2. The summed E-state index contributed by atoms with van der Waals surface area (Å²) >= 11 is 0. The summed E-state index contributed by atoms with van der Waals surface area (Å²) in [6, 6.07) is 6.54. The monoisotopic (exact) mass is 360 g/mol. The zero-order valence-corrected chi connectivity index (χ0v) is 15.6. The van der Waals surface area contributed by atoms with E-state index in [1.165, 1.54) is 27.6 Å². The van der Waals surface area contributed by atoms with Crippen molar-refractivity contribution in [1.82, 2.24) is 19.9 Å². The number of aromatic amines is 2. The maximum atomic E-state index is 13.0. The Bertz CT molecular complexity index is 1040. The molecule has 1 amide bonds. The number of aryl methyl sites for hydroxylation is 2. The largest absolute Gasteiger partial charge is 0.361 e. The molecule has 0 fully saturated rings. The first-order valence-electron chi connectivity index (χ1n) is 9.76. The lowest BCUT2D eigenvalue weighted by atomic mass is 9.88. The summed E-state index contributed by atoms with van der Waals surface area (Å²) in [5.74, 6) is 0.379. The lowest BCUT2D eigenvalue weighted by molar-refractivity contribution is -0.135. The van der Waals surface area contributed by atoms with Crippen molar-refractivity contribution in [2.75, 3.05) is 13.1 Å². The van der Waals surface area contributed by atoms with E-state index in [1.54, 1.807) is 6.33 Å². The third-order valence-electron chi connectivity index (χ3n) is 6.04. The van der Waals surface area contributed by atoms with E-state index < -0.39 is 0 Å². The van der Waals surface area contributed by atoms with Gasteiger partial charge >= 0.3 is 0 Å². The number of benzene rings is 1. The van der Waals surface area contributed by atoms with Gasteiger partial charge in [-0.15, -0.1) is 0 Å². The third kappa shape index (κ3) is 2.87. The molecule has 3 aromatic rings. The van der Waals surface area contributed by atoms with Crippen molar-refractivity contribution < 1.29 is 4.79 Å². The molecule has 2 aromatic heterocycles. The van der Waals surface area contributed by atoms with Crippen LogP contribution in [0.2, 0.25) is 0 Å². The van der Waals surface area contributed by atoms with Gasteiger partial charge in [-0.2, -0.15) is 0 Å². The Morgan fingerprint density at radius 2 is 2.19 bits per heavy atom. The molecule has 1 aliphatic carbocycles. The van der Waals surface area contributed by atoms with Gasteiger partial charge < -0.3 is 14.9 Å². The predicted molar refractivity (Wildman–Crippen MR) is 106 cm³/mol. The van der Waals surface area contributed by atoms with Crippen molar-refractivity contribution >= 4 is 22.4 Å². The average molecular weight is 360 g/mol. The van der Waals surface area contributed by atoms with Gasteiger partial charge in [-0.3, -0.25) is 4.79 Å². The fraction of sp³-hybridized carbons (Fsp3) is 0.364. The van der Waals surface area contributed by atoms with Gasteiger partial charge in [0.1, 0.15) is 0 Å². The van der Waals surface area contributed by atoms with E-state index in [9.17, 15) is 4.79 Å². The first kappa shape index (κ1) is 16.4. The Labute approximate surface area is 158 Å². The van der Waals surface area contributed by atoms with Crippen LogP contribution in [0.5, 0.6) is 0 Å². The van der Waals surface area contributed by atoms with Crippen LogP contribution in [0.15, 0.2) is 36.8 Å². The number of carbonyl (C=O) groups excluding carboxylic acids is 1. The molecule has 5 heteroatoms. The first-order valence-corrected chi connectivity index (χ1v) is 9.76. The molecule has 138 valence electrons. The second-order valence-corrected chi connectivity index (χ2v) is 7.78. The summed E-state index contributed by atoms with van der Waals surface area (Å²) < 4.78 is 0. The van der Waals surface area contributed by atoms with E-state index >= 15 is 0 Å². The Balaban J connectivity index is 1.31. The van der Waals surface area contributed by atoms with Crippen LogP contribution in [0.25, 0.3) is 16.5 Å². The molecule has 0 spiro atoms. The molecule has 3 heterocycles. The number of fused-ring (bicyclic) bond motifs is 2. The van der Waals surface area contributed by atoms with Crippen molar-refractivity contribution in [3.8, 4) is 0 Å². The molecule has 0 radical (unpaired) electrons. The van der Waals surface area contributed by atoms with E-state index in [-0.39, 0.29) is 5.92 Å². The van der Waals surface area contributed by atoms with Crippen molar-refractivity contribution in [2.45, 2.75) is 32.6 Å². The summed E-state index contributed by atoms with van der Waals surface area (Å²) in [7, 11) is 0. The minimum absolute atomic E-state index is 0.0870. The number of aromatic nitrogens is 3. The first-order chi connectivity index (χ1) is 13.2. The van der Waals surface area contributed by atoms with Crippen molar-refractivity contribution in [3.63, 3.8) is 0 Å². The quantitative estimate of drug-likeness (QED) is 0.733. The highest BCUT2D eigenvalue weighted by atomic mass is 16.2. The molecule has 27 heavy (non-hydrogen) atoms. The van der Waals surface area contributed by atoms with Gasteiger partial charge in [0.15, 0.2) is 0 Å². The van der Waals surface area contributed by atoms with Crippen LogP contribution in [0.3, 0.4) is 0 Å². The van der Waals surface area contributed by atoms with E-state index in [4.69, 9.17) is 0 Å². The van der Waals surface area contributed by atoms with Crippen LogP contribution in [-0.2, 0) is 17.6 Å². The molecular weight excluding hydrogens is 336 g/mol. The molecule has 1 unspecified atom stereocenters. The van der Waals surface area contributed by atoms with Gasteiger partial charge in [-0.25, -0.2) is 4.98 Å². The Kier molecular flexibility index (Phi) is 3.88. The Hall–Kier alpha value is -2.82. The smallest absolute Gasteiger partial charge is 0.226 e. The number of H-pyrrole nitrogens is 2. The van der Waals surface area contributed by atoms with Crippen LogP contribution in [0.4, 0.5) is 0 Å². The van der Waals surface area contributed by atoms with E-state index in [0.717, 1.165) is 43.6 Å². The minimum atomic E-state index is 0.0870. The van der Waals surface area contributed by atoms with Crippen LogP contribution in [-0.4, -0.2) is 38.8 Å². The maximum Gasteiger partial charge on any atom is 0.226 e. The van der Waals surface area contributed by atoms with Crippen molar-refractivity contribution in [3.05, 3.63) is 59.3 Å². The van der Waals surface area contributed by atoms with Crippen molar-refractivity contribution in [1.29, 1.82) is 0 Å². The summed E-state index contributed by atoms with van der Waals surface area (Å²) in [6.45, 7) is 3.62. The zero-order valence-electron chi connectivity index (χ0n) is 15.6. The highest BCUT2D eigenvalue weighted by molar-refractivity contribution is 5.93. The normalized spacial score (nSPS) is 19.8. The summed E-state index contributed by atoms with van der Waals surface area (Å²) in [4.78, 5) is 25.9. The molecule has 2 N–H and O–H groups in total. The molecule has 0 saturated carbocycles. The van der Waals surface area contributed by atoms with Crippen LogP contribution in [0.1, 0.15) is 35.4 Å². The van der Waals surface area contributed by atoms with E-state index in [1.807, 2.05) is 4.90 Å². The molecule has 0 bridgehead atoms. The van der Waals surface area contributed by atoms with Gasteiger partial charge in [0.25, 0.3) is 0 Å². The highest BCUT2D eigenvalue weighted by Crippen LogP contribution is 2.31. The van der Waals surface area contributed by atoms with Gasteiger partial charge in [-0.05, 0) is 43.4 Å². The number of amides is 1. The molecule has 1 atom stereocenters. The van der Waals surface area contributed by atoms with Gasteiger partial charge in [-0.1, -0.05) is 18.2 Å². The summed E-state index contributed by atoms with van der Waals surface area (Å²) in [6.07, 6.45) is 9.60. The summed E-state index contributed by atoms with van der Waals surface area (Å²) in [5, 5.41) is 1.27. The van der Waals surface area contributed by atoms with Gasteiger partial charge in [0.05, 0.1) is 12.0 Å². The molecular formula is C22H24N4O. The minimum Gasteiger partial charge on any atom is -0.361 e. The highest BCUT2D eigenvalue weighted by Gasteiger charge is 2.30. The second kappa shape index (κ2) is 6.41. The van der Waals surface area contributed by atoms with Gasteiger partial charge in [0, 0.05) is 53.8 Å². The molecule has 1 aliphatic heterocycles. The fourth-order valence-electron chi connectivity index (χ4n) is 4.49. The van der Waals surface area contributed by atoms with Gasteiger partial charge in [0.2, 0.25) is 5.91 Å². The second-order valence-electron chi connectivity index (χ2n) is 7.78. The lowest BCUT2D eigenvalue weighted by Crippen LogP contribution is -2.40. The van der Waals surface area contributed by atoms with E-state index in [0.29, 0.717) is 12.5 Å². The molecule has 0 saturated heterocycles. The fourth-order valence-corrected chi connectivity index (χ4v) is 4.49. The Morgan fingerprint density at radius 3 is 3.04 bits per heavy atom. The number of nitrogens with one attached hydrogen (secondary N) is 2. The number of imidazole rings is 1.